The Hall–Kier alpha value is -2.17. The summed E-state index contributed by atoms with van der Waals surface area (Å²) in [5.41, 5.74) is 4.75. The Morgan fingerprint density at radius 1 is 1.32 bits per heavy atom. The van der Waals surface area contributed by atoms with Gasteiger partial charge in [-0.15, -0.1) is 0 Å². The van der Waals surface area contributed by atoms with E-state index in [0.717, 1.165) is 23.4 Å². The first kappa shape index (κ1) is 16.2. The highest BCUT2D eigenvalue weighted by atomic mass is 16.2. The van der Waals surface area contributed by atoms with Crippen molar-refractivity contribution in [1.29, 1.82) is 0 Å². The van der Waals surface area contributed by atoms with Crippen molar-refractivity contribution in [3.05, 3.63) is 29.8 Å². The standard InChI is InChI=1S/C17H23N3O2/c1-5-11-10-14(21)19-20-15(11)12-6-8-13(9-7-12)18-16(22)17(2,3)4/h6-9,11H,5,10H2,1-4H3,(H,18,22)(H,19,21). The van der Waals surface area contributed by atoms with E-state index in [2.05, 4.69) is 22.8 Å². The topological polar surface area (TPSA) is 70.6 Å². The molecule has 0 radical (unpaired) electrons. The van der Waals surface area contributed by atoms with Crippen LogP contribution in [0.1, 0.15) is 46.1 Å². The fourth-order valence-corrected chi connectivity index (χ4v) is 2.26. The van der Waals surface area contributed by atoms with Gasteiger partial charge in [0.2, 0.25) is 11.8 Å². The van der Waals surface area contributed by atoms with Crippen LogP contribution in [-0.4, -0.2) is 17.5 Å². The van der Waals surface area contributed by atoms with Gasteiger partial charge in [0, 0.05) is 23.4 Å². The molecule has 0 fully saturated rings. The lowest BCUT2D eigenvalue weighted by Crippen LogP contribution is -2.33. The van der Waals surface area contributed by atoms with E-state index < -0.39 is 5.41 Å². The van der Waals surface area contributed by atoms with Gasteiger partial charge >= 0.3 is 0 Å². The summed E-state index contributed by atoms with van der Waals surface area (Å²) in [5, 5.41) is 7.09. The van der Waals surface area contributed by atoms with E-state index in [-0.39, 0.29) is 17.7 Å². The molecule has 2 amide bonds. The van der Waals surface area contributed by atoms with Crippen LogP contribution < -0.4 is 10.7 Å². The van der Waals surface area contributed by atoms with Crippen molar-refractivity contribution in [3.8, 4) is 0 Å². The van der Waals surface area contributed by atoms with E-state index in [1.807, 2.05) is 45.0 Å². The summed E-state index contributed by atoms with van der Waals surface area (Å²) < 4.78 is 0. The molecule has 0 spiro atoms. The fraction of sp³-hybridized carbons (Fsp3) is 0.471. The summed E-state index contributed by atoms with van der Waals surface area (Å²) in [6.45, 7) is 7.68. The third-order valence-corrected chi connectivity index (χ3v) is 3.73. The van der Waals surface area contributed by atoms with Gasteiger partial charge in [0.25, 0.3) is 0 Å². The largest absolute Gasteiger partial charge is 0.326 e. The first-order valence-corrected chi connectivity index (χ1v) is 7.59. The highest BCUT2D eigenvalue weighted by Gasteiger charge is 2.24. The molecule has 22 heavy (non-hydrogen) atoms. The highest BCUT2D eigenvalue weighted by Crippen LogP contribution is 2.22. The van der Waals surface area contributed by atoms with Crippen LogP contribution in [0.3, 0.4) is 0 Å². The van der Waals surface area contributed by atoms with Crippen LogP contribution in [0.2, 0.25) is 0 Å². The normalized spacial score (nSPS) is 18.5. The molecule has 1 aromatic carbocycles. The second-order valence-electron chi connectivity index (χ2n) is 6.62. The van der Waals surface area contributed by atoms with Crippen LogP contribution >= 0.6 is 0 Å². The Morgan fingerprint density at radius 2 is 1.95 bits per heavy atom. The summed E-state index contributed by atoms with van der Waals surface area (Å²) in [6, 6.07) is 7.59. The minimum Gasteiger partial charge on any atom is -0.326 e. The summed E-state index contributed by atoms with van der Waals surface area (Å²) in [4.78, 5) is 23.4. The van der Waals surface area contributed by atoms with Gasteiger partial charge in [0.15, 0.2) is 0 Å². The smallest absolute Gasteiger partial charge is 0.240 e. The summed E-state index contributed by atoms with van der Waals surface area (Å²) in [5.74, 6) is 0.0855. The molecule has 2 rings (SSSR count). The van der Waals surface area contributed by atoms with Gasteiger partial charge < -0.3 is 5.32 Å². The van der Waals surface area contributed by atoms with Crippen LogP contribution in [0.4, 0.5) is 5.69 Å². The zero-order valence-electron chi connectivity index (χ0n) is 13.6. The molecule has 1 aromatic rings. The molecule has 1 unspecified atom stereocenters. The molecule has 1 heterocycles. The molecule has 0 saturated heterocycles. The number of nitrogens with zero attached hydrogens (tertiary/aromatic N) is 1. The molecule has 5 nitrogen and oxygen atoms in total. The lowest BCUT2D eigenvalue weighted by Gasteiger charge is -2.22. The zero-order chi connectivity index (χ0) is 16.3. The molecule has 0 bridgehead atoms. The van der Waals surface area contributed by atoms with E-state index in [1.54, 1.807) is 0 Å². The second-order valence-corrected chi connectivity index (χ2v) is 6.62. The molecule has 1 aliphatic heterocycles. The molecule has 2 N–H and O–H groups in total. The number of hydrogen-bond acceptors (Lipinski definition) is 3. The Labute approximate surface area is 131 Å². The molecule has 0 aliphatic carbocycles. The number of rotatable bonds is 3. The number of nitrogens with one attached hydrogen (secondary N) is 2. The van der Waals surface area contributed by atoms with Crippen molar-refractivity contribution in [2.75, 3.05) is 5.32 Å². The number of hydrazone groups is 1. The first-order chi connectivity index (χ1) is 10.3. The monoisotopic (exact) mass is 301 g/mol. The maximum absolute atomic E-state index is 12.0. The Bertz CT molecular complexity index is 597. The second kappa shape index (κ2) is 6.30. The fourth-order valence-electron chi connectivity index (χ4n) is 2.26. The number of carbonyl (C=O) groups is 2. The number of carbonyl (C=O) groups excluding carboxylic acids is 2. The molecule has 1 atom stereocenters. The number of benzene rings is 1. The van der Waals surface area contributed by atoms with Gasteiger partial charge in [-0.1, -0.05) is 39.8 Å². The predicted molar refractivity (Wildman–Crippen MR) is 87.6 cm³/mol. The van der Waals surface area contributed by atoms with Crippen molar-refractivity contribution in [1.82, 2.24) is 5.43 Å². The molecule has 0 aromatic heterocycles. The Balaban J connectivity index is 2.15. The maximum Gasteiger partial charge on any atom is 0.240 e. The summed E-state index contributed by atoms with van der Waals surface area (Å²) in [7, 11) is 0. The van der Waals surface area contributed by atoms with Gasteiger partial charge in [-0.3, -0.25) is 9.59 Å². The predicted octanol–water partition coefficient (Wildman–Crippen LogP) is 2.92. The van der Waals surface area contributed by atoms with Gasteiger partial charge in [0.1, 0.15) is 0 Å². The van der Waals surface area contributed by atoms with E-state index >= 15 is 0 Å². The third-order valence-electron chi connectivity index (χ3n) is 3.73. The van der Waals surface area contributed by atoms with Crippen LogP contribution in [0, 0.1) is 11.3 Å². The molecule has 1 aliphatic rings. The van der Waals surface area contributed by atoms with Crippen LogP contribution in [0.15, 0.2) is 29.4 Å². The molecule has 5 heteroatoms. The Morgan fingerprint density at radius 3 is 2.50 bits per heavy atom. The number of hydrogen-bond donors (Lipinski definition) is 2. The van der Waals surface area contributed by atoms with Crippen LogP contribution in [0.5, 0.6) is 0 Å². The van der Waals surface area contributed by atoms with E-state index in [0.29, 0.717) is 6.42 Å². The number of anilines is 1. The van der Waals surface area contributed by atoms with Crippen molar-refractivity contribution in [2.24, 2.45) is 16.4 Å². The zero-order valence-corrected chi connectivity index (χ0v) is 13.6. The van der Waals surface area contributed by atoms with E-state index in [1.165, 1.54) is 0 Å². The van der Waals surface area contributed by atoms with Crippen LogP contribution in [0.25, 0.3) is 0 Å². The van der Waals surface area contributed by atoms with Crippen molar-refractivity contribution in [2.45, 2.75) is 40.5 Å². The average Bonchev–Trinajstić information content (AvgIpc) is 2.47. The summed E-state index contributed by atoms with van der Waals surface area (Å²) in [6.07, 6.45) is 1.34. The molecular weight excluding hydrogens is 278 g/mol. The minimum atomic E-state index is -0.427. The van der Waals surface area contributed by atoms with Crippen LogP contribution in [-0.2, 0) is 9.59 Å². The Kier molecular flexibility index (Phi) is 4.64. The van der Waals surface area contributed by atoms with E-state index in [4.69, 9.17) is 0 Å². The van der Waals surface area contributed by atoms with Crippen molar-refractivity contribution in [3.63, 3.8) is 0 Å². The highest BCUT2D eigenvalue weighted by molar-refractivity contribution is 6.06. The lowest BCUT2D eigenvalue weighted by atomic mass is 9.90. The first-order valence-electron chi connectivity index (χ1n) is 7.59. The van der Waals surface area contributed by atoms with Gasteiger partial charge in [0.05, 0.1) is 5.71 Å². The third kappa shape index (κ3) is 3.72. The van der Waals surface area contributed by atoms with Gasteiger partial charge in [-0.05, 0) is 24.1 Å². The molecule has 118 valence electrons. The number of amides is 2. The summed E-state index contributed by atoms with van der Waals surface area (Å²) >= 11 is 0. The lowest BCUT2D eigenvalue weighted by molar-refractivity contribution is -0.123. The quantitative estimate of drug-likeness (QED) is 0.901. The van der Waals surface area contributed by atoms with Gasteiger partial charge in [-0.2, -0.15) is 5.10 Å². The minimum absolute atomic E-state index is 0.0195. The van der Waals surface area contributed by atoms with Crippen molar-refractivity contribution < 1.29 is 9.59 Å². The SMILES string of the molecule is CCC1CC(=O)NN=C1c1ccc(NC(=O)C(C)(C)C)cc1. The molecule has 0 saturated carbocycles. The molecular formula is C17H23N3O2. The average molecular weight is 301 g/mol. The van der Waals surface area contributed by atoms with Gasteiger partial charge in [-0.25, -0.2) is 5.43 Å². The van der Waals surface area contributed by atoms with E-state index in [9.17, 15) is 9.59 Å². The van der Waals surface area contributed by atoms with Crippen molar-refractivity contribution >= 4 is 23.2 Å². The maximum atomic E-state index is 12.0.